The second-order valence-electron chi connectivity index (χ2n) is 6.56. The molecule has 0 aliphatic carbocycles. The van der Waals surface area contributed by atoms with Crippen molar-refractivity contribution < 1.29 is 33.3 Å². The van der Waals surface area contributed by atoms with E-state index in [9.17, 15) is 14.4 Å². The first-order valence-electron chi connectivity index (χ1n) is 9.84. The molecule has 1 rings (SSSR count). The first kappa shape index (κ1) is 24.4. The fraction of sp³-hybridized carbons (Fsp3) is 0.750. The monoisotopic (exact) mass is 399 g/mol. The molecular weight excluding hydrogens is 366 g/mol. The predicted octanol–water partition coefficient (Wildman–Crippen LogP) is 1.86. The minimum Gasteiger partial charge on any atom is -0.385 e. The number of hydrogen-bond acceptors (Lipinski definition) is 7. The average Bonchev–Trinajstić information content (AvgIpc) is 3.01. The standard InChI is InChI=1S/C20H33NO7/c1-25-13-5-15-27-20(28-16-6-14-26-2)8-4-3-7-17(22)11-12-21-18(23)9-10-19(21)24/h9-10,20H,3-8,11-16H2,1-2H3. The number of methoxy groups -OCH3 is 2. The zero-order valence-electron chi connectivity index (χ0n) is 17.0. The number of carbonyl (C=O) groups excluding carboxylic acids is 3. The van der Waals surface area contributed by atoms with Gasteiger partial charge in [0, 0.05) is 59.0 Å². The molecule has 0 aromatic heterocycles. The maximum Gasteiger partial charge on any atom is 0.253 e. The lowest BCUT2D eigenvalue weighted by Gasteiger charge is -2.18. The van der Waals surface area contributed by atoms with E-state index in [4.69, 9.17) is 18.9 Å². The van der Waals surface area contributed by atoms with E-state index in [2.05, 4.69) is 0 Å². The number of ether oxygens (including phenoxy) is 4. The van der Waals surface area contributed by atoms with Crippen LogP contribution < -0.4 is 0 Å². The summed E-state index contributed by atoms with van der Waals surface area (Å²) >= 11 is 0. The molecule has 160 valence electrons. The van der Waals surface area contributed by atoms with Gasteiger partial charge in [0.25, 0.3) is 11.8 Å². The number of amides is 2. The Kier molecular flexibility index (Phi) is 13.4. The summed E-state index contributed by atoms with van der Waals surface area (Å²) < 4.78 is 21.5. The van der Waals surface area contributed by atoms with E-state index >= 15 is 0 Å². The van der Waals surface area contributed by atoms with E-state index in [1.165, 1.54) is 12.2 Å². The molecule has 0 N–H and O–H groups in total. The third kappa shape index (κ3) is 10.7. The van der Waals surface area contributed by atoms with E-state index in [-0.39, 0.29) is 36.9 Å². The average molecular weight is 399 g/mol. The maximum atomic E-state index is 12.0. The smallest absolute Gasteiger partial charge is 0.253 e. The van der Waals surface area contributed by atoms with Crippen LogP contribution in [0.3, 0.4) is 0 Å². The van der Waals surface area contributed by atoms with E-state index in [1.54, 1.807) is 14.2 Å². The second kappa shape index (κ2) is 15.3. The van der Waals surface area contributed by atoms with Gasteiger partial charge in [0.15, 0.2) is 6.29 Å². The summed E-state index contributed by atoms with van der Waals surface area (Å²) in [6.07, 6.45) is 6.61. The molecule has 0 unspecified atom stereocenters. The summed E-state index contributed by atoms with van der Waals surface area (Å²) in [6, 6.07) is 0. The molecule has 2 amide bonds. The van der Waals surface area contributed by atoms with Gasteiger partial charge in [-0.25, -0.2) is 0 Å². The summed E-state index contributed by atoms with van der Waals surface area (Å²) in [5.41, 5.74) is 0. The largest absolute Gasteiger partial charge is 0.385 e. The minimum atomic E-state index is -0.350. The molecular formula is C20H33NO7. The molecule has 28 heavy (non-hydrogen) atoms. The van der Waals surface area contributed by atoms with Crippen LogP contribution in [0.5, 0.6) is 0 Å². The van der Waals surface area contributed by atoms with Crippen LogP contribution in [0.15, 0.2) is 12.2 Å². The van der Waals surface area contributed by atoms with Gasteiger partial charge in [0.2, 0.25) is 0 Å². The van der Waals surface area contributed by atoms with E-state index in [0.29, 0.717) is 39.3 Å². The van der Waals surface area contributed by atoms with Gasteiger partial charge in [-0.3, -0.25) is 19.3 Å². The van der Waals surface area contributed by atoms with E-state index in [1.807, 2.05) is 0 Å². The van der Waals surface area contributed by atoms with Crippen molar-refractivity contribution in [2.24, 2.45) is 0 Å². The molecule has 0 radical (unpaired) electrons. The van der Waals surface area contributed by atoms with Crippen LogP contribution in [0, 0.1) is 0 Å². The van der Waals surface area contributed by atoms with Gasteiger partial charge >= 0.3 is 0 Å². The van der Waals surface area contributed by atoms with Gasteiger partial charge in [0.05, 0.1) is 13.2 Å². The summed E-state index contributed by atoms with van der Waals surface area (Å²) in [6.45, 7) is 2.56. The first-order chi connectivity index (χ1) is 13.6. The third-order valence-corrected chi connectivity index (χ3v) is 4.25. The molecule has 0 fully saturated rings. The molecule has 1 aliphatic rings. The maximum absolute atomic E-state index is 12.0. The number of ketones is 1. The Morgan fingerprint density at radius 1 is 0.857 bits per heavy atom. The van der Waals surface area contributed by atoms with Crippen LogP contribution >= 0.6 is 0 Å². The van der Waals surface area contributed by atoms with Crippen molar-refractivity contribution in [2.45, 2.75) is 51.2 Å². The Hall–Kier alpha value is -1.61. The van der Waals surface area contributed by atoms with Crippen molar-refractivity contribution in [2.75, 3.05) is 47.2 Å². The van der Waals surface area contributed by atoms with Gasteiger partial charge in [-0.15, -0.1) is 0 Å². The zero-order valence-corrected chi connectivity index (χ0v) is 17.0. The molecule has 0 aromatic carbocycles. The van der Waals surface area contributed by atoms with Gasteiger partial charge in [-0.05, 0) is 32.1 Å². The van der Waals surface area contributed by atoms with Crippen LogP contribution in [0.4, 0.5) is 0 Å². The first-order valence-corrected chi connectivity index (χ1v) is 9.84. The Labute approximate surface area is 167 Å². The number of carbonyl (C=O) groups is 3. The van der Waals surface area contributed by atoms with Gasteiger partial charge in [-0.1, -0.05) is 0 Å². The van der Waals surface area contributed by atoms with Crippen molar-refractivity contribution in [3.05, 3.63) is 12.2 Å². The SMILES string of the molecule is COCCCOC(CCCCC(=O)CCN1C(=O)C=CC1=O)OCCCOC. The lowest BCUT2D eigenvalue weighted by atomic mass is 10.1. The fourth-order valence-corrected chi connectivity index (χ4v) is 2.70. The number of rotatable bonds is 18. The second-order valence-corrected chi connectivity index (χ2v) is 6.56. The van der Waals surface area contributed by atoms with Crippen molar-refractivity contribution in [3.63, 3.8) is 0 Å². The molecule has 0 spiro atoms. The van der Waals surface area contributed by atoms with Crippen LogP contribution in [0.2, 0.25) is 0 Å². The van der Waals surface area contributed by atoms with Gasteiger partial charge in [0.1, 0.15) is 5.78 Å². The lowest BCUT2D eigenvalue weighted by molar-refractivity contribution is -0.150. The Bertz CT molecular complexity index is 477. The van der Waals surface area contributed by atoms with Crippen LogP contribution in [-0.2, 0) is 33.3 Å². The van der Waals surface area contributed by atoms with Gasteiger partial charge < -0.3 is 18.9 Å². The summed E-state index contributed by atoms with van der Waals surface area (Å²) in [7, 11) is 3.31. The third-order valence-electron chi connectivity index (χ3n) is 4.25. The molecule has 0 atom stereocenters. The number of unbranched alkanes of at least 4 members (excludes halogenated alkanes) is 1. The number of imide groups is 1. The number of nitrogens with zero attached hydrogens (tertiary/aromatic N) is 1. The topological polar surface area (TPSA) is 91.4 Å². The lowest BCUT2D eigenvalue weighted by Crippen LogP contribution is -2.32. The van der Waals surface area contributed by atoms with E-state index < -0.39 is 0 Å². The summed E-state index contributed by atoms with van der Waals surface area (Å²) in [5, 5.41) is 0. The highest BCUT2D eigenvalue weighted by molar-refractivity contribution is 6.13. The Morgan fingerprint density at radius 2 is 1.43 bits per heavy atom. The van der Waals surface area contributed by atoms with Crippen molar-refractivity contribution in [3.8, 4) is 0 Å². The Morgan fingerprint density at radius 3 is 1.96 bits per heavy atom. The molecule has 0 bridgehead atoms. The molecule has 0 saturated heterocycles. The summed E-state index contributed by atoms with van der Waals surface area (Å²) in [5.74, 6) is -0.653. The number of Topliss-reactive ketones (excluding diaryl/α,β-unsaturated/α-hetero) is 1. The number of hydrogen-bond donors (Lipinski definition) is 0. The minimum absolute atomic E-state index is 0.0473. The molecule has 1 heterocycles. The van der Waals surface area contributed by atoms with Crippen molar-refractivity contribution in [1.29, 1.82) is 0 Å². The van der Waals surface area contributed by atoms with E-state index in [0.717, 1.165) is 30.6 Å². The highest BCUT2D eigenvalue weighted by Gasteiger charge is 2.23. The predicted molar refractivity (Wildman–Crippen MR) is 103 cm³/mol. The molecule has 8 nitrogen and oxygen atoms in total. The highest BCUT2D eigenvalue weighted by atomic mass is 16.7. The summed E-state index contributed by atoms with van der Waals surface area (Å²) in [4.78, 5) is 36.0. The quantitative estimate of drug-likeness (QED) is 0.197. The van der Waals surface area contributed by atoms with Gasteiger partial charge in [-0.2, -0.15) is 0 Å². The van der Waals surface area contributed by atoms with Crippen molar-refractivity contribution >= 4 is 17.6 Å². The molecule has 0 aromatic rings. The van der Waals surface area contributed by atoms with Crippen LogP contribution in [0.25, 0.3) is 0 Å². The normalized spacial score (nSPS) is 13.9. The highest BCUT2D eigenvalue weighted by Crippen LogP contribution is 2.12. The zero-order chi connectivity index (χ0) is 20.6. The van der Waals surface area contributed by atoms with Crippen LogP contribution in [-0.4, -0.2) is 76.0 Å². The molecule has 0 saturated carbocycles. The fourth-order valence-electron chi connectivity index (χ4n) is 2.70. The molecule has 8 heteroatoms. The Balaban J connectivity index is 2.18. The van der Waals surface area contributed by atoms with Crippen molar-refractivity contribution in [1.82, 2.24) is 4.90 Å². The van der Waals surface area contributed by atoms with Crippen LogP contribution in [0.1, 0.15) is 44.9 Å². The molecule has 1 aliphatic heterocycles.